The van der Waals surface area contributed by atoms with E-state index in [1.165, 1.54) is 39.2 Å². The van der Waals surface area contributed by atoms with E-state index in [2.05, 4.69) is 0 Å². The molecule has 2 aromatic carbocycles. The molecule has 0 radical (unpaired) electrons. The summed E-state index contributed by atoms with van der Waals surface area (Å²) in [4.78, 5) is 0.194. The van der Waals surface area contributed by atoms with Crippen LogP contribution in [0, 0.1) is 12.7 Å². The van der Waals surface area contributed by atoms with E-state index < -0.39 is 46.0 Å². The lowest BCUT2D eigenvalue weighted by atomic mass is 9.75. The van der Waals surface area contributed by atoms with Crippen LogP contribution in [0.4, 0.5) is 17.6 Å². The zero-order chi connectivity index (χ0) is 22.0. The summed E-state index contributed by atoms with van der Waals surface area (Å²) in [5.41, 5.74) is -3.52. The number of halogens is 4. The maximum absolute atomic E-state index is 13.9. The van der Waals surface area contributed by atoms with E-state index in [4.69, 9.17) is 4.74 Å². The van der Waals surface area contributed by atoms with Gasteiger partial charge in [0.15, 0.2) is 5.60 Å². The molecule has 160 valence electrons. The first-order valence-electron chi connectivity index (χ1n) is 8.87. The van der Waals surface area contributed by atoms with Crippen molar-refractivity contribution in [3.8, 4) is 5.75 Å². The van der Waals surface area contributed by atoms with Crippen molar-refractivity contribution in [2.24, 2.45) is 0 Å². The van der Waals surface area contributed by atoms with Crippen LogP contribution in [-0.2, 0) is 16.2 Å². The molecular formula is C21H24F4O3S. The van der Waals surface area contributed by atoms with Crippen LogP contribution >= 0.6 is 0 Å². The van der Waals surface area contributed by atoms with E-state index in [1.807, 2.05) is 0 Å². The van der Waals surface area contributed by atoms with Gasteiger partial charge in [0.05, 0.1) is 23.7 Å². The molecule has 0 aromatic heterocycles. The highest BCUT2D eigenvalue weighted by Crippen LogP contribution is 2.44. The van der Waals surface area contributed by atoms with Gasteiger partial charge in [0.25, 0.3) is 0 Å². The van der Waals surface area contributed by atoms with Crippen LogP contribution < -0.4 is 4.74 Å². The number of methoxy groups -OCH3 is 1. The van der Waals surface area contributed by atoms with E-state index in [-0.39, 0.29) is 16.2 Å². The second-order valence-corrected chi connectivity index (χ2v) is 9.19. The summed E-state index contributed by atoms with van der Waals surface area (Å²) >= 11 is 0. The molecule has 2 rings (SSSR count). The fraction of sp³-hybridized carbons (Fsp3) is 0.429. The third-order valence-electron chi connectivity index (χ3n) is 4.81. The van der Waals surface area contributed by atoms with Gasteiger partial charge in [-0.05, 0) is 49.1 Å². The molecular weight excluding hydrogens is 408 g/mol. The van der Waals surface area contributed by atoms with Crippen molar-refractivity contribution in [3.05, 3.63) is 59.4 Å². The Bertz CT molecular complexity index is 878. The largest absolute Gasteiger partial charge is 0.496 e. The Balaban J connectivity index is 2.40. The third-order valence-corrected chi connectivity index (χ3v) is 6.34. The molecule has 0 amide bonds. The van der Waals surface area contributed by atoms with Crippen LogP contribution in [0.5, 0.6) is 5.75 Å². The number of ether oxygens (including phenoxy) is 1. The van der Waals surface area contributed by atoms with Gasteiger partial charge >= 0.3 is 6.18 Å². The average molecular weight is 432 g/mol. The molecule has 0 unspecified atom stereocenters. The molecule has 0 saturated heterocycles. The molecule has 1 N–H and O–H groups in total. The van der Waals surface area contributed by atoms with Gasteiger partial charge in [0.1, 0.15) is 11.6 Å². The molecule has 0 aliphatic rings. The summed E-state index contributed by atoms with van der Waals surface area (Å²) in [7, 11) is -0.757. The Kier molecular flexibility index (Phi) is 6.79. The lowest BCUT2D eigenvalue weighted by Gasteiger charge is -2.38. The minimum absolute atomic E-state index is 0.184. The fourth-order valence-electron chi connectivity index (χ4n) is 3.26. The molecule has 0 aliphatic carbocycles. The highest BCUT2D eigenvalue weighted by Gasteiger charge is 2.57. The van der Waals surface area contributed by atoms with Crippen molar-refractivity contribution in [1.29, 1.82) is 0 Å². The van der Waals surface area contributed by atoms with Crippen molar-refractivity contribution in [2.45, 2.75) is 49.3 Å². The Morgan fingerprint density at radius 3 is 2.17 bits per heavy atom. The van der Waals surface area contributed by atoms with Crippen LogP contribution in [0.1, 0.15) is 31.4 Å². The quantitative estimate of drug-likeness (QED) is 0.633. The standard InChI is InChI=1S/C21H24F4O3S/c1-14-5-8-16(9-6-14)29(27)13-20(26,21(23,24)25)12-19(2,3)17-11-15(22)7-10-18(17)28-4/h5-11,26H,12-13H2,1-4H3/t20-,29-/m1/s1. The number of hydrogen-bond acceptors (Lipinski definition) is 3. The second kappa shape index (κ2) is 8.44. The molecule has 0 spiro atoms. The van der Waals surface area contributed by atoms with Crippen LogP contribution in [0.2, 0.25) is 0 Å². The molecule has 8 heteroatoms. The summed E-state index contributed by atoms with van der Waals surface area (Å²) < 4.78 is 73.1. The Labute approximate surface area is 170 Å². The molecule has 29 heavy (non-hydrogen) atoms. The minimum atomic E-state index is -5.04. The van der Waals surface area contributed by atoms with Gasteiger partial charge in [-0.15, -0.1) is 0 Å². The zero-order valence-electron chi connectivity index (χ0n) is 16.6. The predicted octanol–water partition coefficient (Wildman–Crippen LogP) is 4.91. The summed E-state index contributed by atoms with van der Waals surface area (Å²) in [6, 6.07) is 9.78. The molecule has 2 aromatic rings. The number of aryl methyl sites for hydroxylation is 1. The predicted molar refractivity (Wildman–Crippen MR) is 104 cm³/mol. The first-order chi connectivity index (χ1) is 13.3. The highest BCUT2D eigenvalue weighted by molar-refractivity contribution is 7.85. The molecule has 3 nitrogen and oxygen atoms in total. The SMILES string of the molecule is COc1ccc(F)cc1C(C)(C)C[C@@](O)(C[S@@](=O)c1ccc(C)cc1)C(F)(F)F. The molecule has 2 atom stereocenters. The Hall–Kier alpha value is -1.93. The molecule has 0 heterocycles. The van der Waals surface area contributed by atoms with E-state index in [1.54, 1.807) is 19.1 Å². The topological polar surface area (TPSA) is 46.5 Å². The van der Waals surface area contributed by atoms with Crippen LogP contribution in [-0.4, -0.2) is 34.0 Å². The zero-order valence-corrected chi connectivity index (χ0v) is 17.5. The van der Waals surface area contributed by atoms with Gasteiger partial charge < -0.3 is 9.84 Å². The monoisotopic (exact) mass is 432 g/mol. The molecule has 0 fully saturated rings. The van der Waals surface area contributed by atoms with Crippen LogP contribution in [0.15, 0.2) is 47.4 Å². The number of alkyl halides is 3. The summed E-state index contributed by atoms with van der Waals surface area (Å²) in [5, 5.41) is 10.6. The Morgan fingerprint density at radius 2 is 1.66 bits per heavy atom. The number of hydrogen-bond donors (Lipinski definition) is 1. The number of aliphatic hydroxyl groups is 1. The van der Waals surface area contributed by atoms with E-state index in [0.717, 1.165) is 17.7 Å². The first-order valence-corrected chi connectivity index (χ1v) is 10.2. The Morgan fingerprint density at radius 1 is 1.07 bits per heavy atom. The normalized spacial score (nSPS) is 15.6. The lowest BCUT2D eigenvalue weighted by Crippen LogP contribution is -2.53. The second-order valence-electron chi connectivity index (χ2n) is 7.74. The van der Waals surface area contributed by atoms with Crippen LogP contribution in [0.3, 0.4) is 0 Å². The molecule has 0 saturated carbocycles. The molecule has 0 bridgehead atoms. The number of rotatable bonds is 7. The molecule has 0 aliphatic heterocycles. The third kappa shape index (κ3) is 5.36. The van der Waals surface area contributed by atoms with E-state index in [0.29, 0.717) is 0 Å². The van der Waals surface area contributed by atoms with Gasteiger partial charge in [-0.3, -0.25) is 4.21 Å². The summed E-state index contributed by atoms with van der Waals surface area (Å²) in [5.74, 6) is -1.45. The van der Waals surface area contributed by atoms with Crippen molar-refractivity contribution in [3.63, 3.8) is 0 Å². The maximum Gasteiger partial charge on any atom is 0.418 e. The fourth-order valence-corrected chi connectivity index (χ4v) is 4.56. The van der Waals surface area contributed by atoms with Gasteiger partial charge in [0, 0.05) is 10.5 Å². The van der Waals surface area contributed by atoms with Gasteiger partial charge in [-0.2, -0.15) is 13.2 Å². The summed E-state index contributed by atoms with van der Waals surface area (Å²) in [6.07, 6.45) is -5.86. The van der Waals surface area contributed by atoms with E-state index in [9.17, 15) is 26.9 Å². The minimum Gasteiger partial charge on any atom is -0.496 e. The van der Waals surface area contributed by atoms with Gasteiger partial charge in [-0.1, -0.05) is 31.5 Å². The van der Waals surface area contributed by atoms with E-state index >= 15 is 0 Å². The van der Waals surface area contributed by atoms with Crippen molar-refractivity contribution >= 4 is 10.8 Å². The van der Waals surface area contributed by atoms with Gasteiger partial charge in [0.2, 0.25) is 0 Å². The lowest BCUT2D eigenvalue weighted by molar-refractivity contribution is -0.257. The number of benzene rings is 2. The highest BCUT2D eigenvalue weighted by atomic mass is 32.2. The van der Waals surface area contributed by atoms with Crippen molar-refractivity contribution in [2.75, 3.05) is 12.9 Å². The van der Waals surface area contributed by atoms with Crippen LogP contribution in [0.25, 0.3) is 0 Å². The van der Waals surface area contributed by atoms with Crippen molar-refractivity contribution in [1.82, 2.24) is 0 Å². The van der Waals surface area contributed by atoms with Crippen molar-refractivity contribution < 1.29 is 31.6 Å². The maximum atomic E-state index is 13.9. The average Bonchev–Trinajstić information content (AvgIpc) is 2.60. The first kappa shape index (κ1) is 23.3. The smallest absolute Gasteiger partial charge is 0.418 e. The summed E-state index contributed by atoms with van der Waals surface area (Å²) in [6.45, 7) is 4.71. The van der Waals surface area contributed by atoms with Gasteiger partial charge in [-0.25, -0.2) is 4.39 Å².